The number of carbonyl (C=O) groups is 5. The van der Waals surface area contributed by atoms with Gasteiger partial charge in [0, 0.05) is 144 Å². The molecule has 764 valence electrons. The Morgan fingerprint density at radius 2 is 0.664 bits per heavy atom. The predicted octanol–water partition coefficient (Wildman–Crippen LogP) is 11.5. The van der Waals surface area contributed by atoms with Crippen LogP contribution in [0.25, 0.3) is 0 Å². The zero-order valence-corrected chi connectivity index (χ0v) is 88.3. The average Bonchev–Trinajstić information content (AvgIpc) is 1.60. The van der Waals surface area contributed by atoms with E-state index < -0.39 is 0 Å². The first-order chi connectivity index (χ1) is 68.1. The molecule has 13 N–H and O–H groups in total. The molecule has 5 unspecified atom stereocenters. The molecular weight excluding hydrogens is 1930 g/mol. The largest absolute Gasteiger partial charge is 0.496 e. The van der Waals surface area contributed by atoms with Gasteiger partial charge in [0.1, 0.15) is 83.6 Å². The molecule has 10 aromatic heterocycles. The standard InChI is InChI=1S/C22H29ClN6O2.C20H25ClN6O2.C20H27ClN6O2.2C18H23ClN6O2/c1-12-9-26-16(13(2)19(12)31-3)11-29-10-15(8-14-4-6-25-7-5-14)18(30)17-20(23)27-22(24)28-21(17)29;1-11-8-23-13(12(2)17(11)29-3)9-27-10-14(26-6-4-5-7-26)16(28)15-18(21)24-20(22)25-19(15)27;1-10(2)23-7-13-8-27(9-14-12(4)17(29-5)11(3)6-24-14)19-15(16(13)28)18(21)25-20(22)26-19;1-9-6-21-11(10(2)15(9)27-5)7-25-8-12(24(3)4)14(26)13-16(19)22-18(20)23-17(13)25;1-9-5-22-12(10(2)15(9)27-4)8-25-7-11(6-21-3)14(26)13-16(19)23-18(20)24-17(13)25/h9,14-15,25H,4-8,10-11H2,1-3H3,(H2,24,27,28);8,14H,4-7,9-10H2,1-3H3,(H2,22,24,25);6,10,13,23H,7-9H2,1-5H3,(H2,22,25,26);6,12H,7-8H2,1-5H3,(H2,20,22,23);5,11,21H,6-8H2,1-4H3,(H2,20,23,24). The maximum atomic E-state index is 13.3. The summed E-state index contributed by atoms with van der Waals surface area (Å²) in [7, 11) is 13.8. The second-order valence-electron chi connectivity index (χ2n) is 37.2. The Bertz CT molecular complexity index is 6430. The molecule has 0 aromatic carbocycles. The van der Waals surface area contributed by atoms with Crippen LogP contribution in [0.5, 0.6) is 28.7 Å². The van der Waals surface area contributed by atoms with Gasteiger partial charge in [0.15, 0.2) is 28.9 Å². The number of methoxy groups -OCH3 is 5. The highest BCUT2D eigenvalue weighted by atomic mass is 35.5. The summed E-state index contributed by atoms with van der Waals surface area (Å²) < 4.78 is 27.6. The van der Waals surface area contributed by atoms with E-state index in [0.29, 0.717) is 141 Å². The van der Waals surface area contributed by atoms with Crippen LogP contribution in [0, 0.1) is 92.9 Å². The number of aromatic nitrogens is 15. The van der Waals surface area contributed by atoms with Crippen LogP contribution in [-0.4, -0.2) is 260 Å². The number of carbonyl (C=O) groups excluding carboxylic acids is 5. The molecule has 0 amide bonds. The lowest BCUT2D eigenvalue weighted by Gasteiger charge is -2.38. The minimum Gasteiger partial charge on any atom is -0.496 e. The first-order valence-corrected chi connectivity index (χ1v) is 49.1. The minimum atomic E-state index is -0.366. The molecule has 45 heteroatoms. The highest BCUT2D eigenvalue weighted by molar-refractivity contribution is 6.36. The third-order valence-corrected chi connectivity index (χ3v) is 28.2. The Hall–Kier alpha value is -12.3. The number of Topliss-reactive ketones (excluding diaryl/α,β-unsaturated/α-hetero) is 5. The molecule has 17 heterocycles. The quantitative estimate of drug-likeness (QED) is 0.0260. The van der Waals surface area contributed by atoms with Crippen LogP contribution in [0.4, 0.5) is 58.8 Å². The van der Waals surface area contributed by atoms with Gasteiger partial charge in [-0.3, -0.25) is 58.7 Å². The van der Waals surface area contributed by atoms with E-state index >= 15 is 0 Å². The normalized spacial score (nSPS) is 17.7. The molecule has 0 radical (unpaired) electrons. The van der Waals surface area contributed by atoms with Crippen molar-refractivity contribution in [2.45, 2.75) is 166 Å². The van der Waals surface area contributed by atoms with E-state index in [1.165, 1.54) is 0 Å². The van der Waals surface area contributed by atoms with Crippen molar-refractivity contribution < 1.29 is 47.7 Å². The van der Waals surface area contributed by atoms with Gasteiger partial charge in [0.2, 0.25) is 29.7 Å². The van der Waals surface area contributed by atoms with Gasteiger partial charge in [-0.25, -0.2) is 24.9 Å². The highest BCUT2D eigenvalue weighted by Gasteiger charge is 2.45. The fraction of sp³-hybridized carbons (Fsp3) is 0.490. The van der Waals surface area contributed by atoms with Gasteiger partial charge in [-0.05, 0) is 155 Å². The molecule has 0 bridgehead atoms. The van der Waals surface area contributed by atoms with E-state index in [1.807, 2.05) is 135 Å². The number of rotatable bonds is 24. The summed E-state index contributed by atoms with van der Waals surface area (Å²) in [5, 5.41) is 10.3. The molecule has 2 fully saturated rings. The number of pyridine rings is 5. The highest BCUT2D eigenvalue weighted by Crippen LogP contribution is 2.44. The average molecular weight is 2060 g/mol. The maximum absolute atomic E-state index is 13.3. The SMILES string of the molecule is CNCC1CN(Cc2ncc(C)c(OC)c2C)c2nc(N)nc(Cl)c2C1=O.COc1c(C)cnc(CN2CC(CC3CCNCC3)C(=O)c3c(Cl)nc(N)nc32)c1C.COc1c(C)cnc(CN2CC(CNC(C)C)C(=O)c3c(Cl)nc(N)nc32)c1C.COc1c(C)cnc(CN2CC(N(C)C)C(=O)c3c(Cl)nc(N)nc32)c1C.COc1c(C)cnc(CN2CC(N3CCCC3)C(=O)c3c(Cl)nc(N)nc32)c1C. The Labute approximate surface area is 857 Å². The van der Waals surface area contributed by atoms with Crippen LogP contribution in [0.1, 0.15) is 182 Å². The molecule has 7 aliphatic rings. The van der Waals surface area contributed by atoms with Gasteiger partial charge >= 0.3 is 0 Å². The van der Waals surface area contributed by atoms with Gasteiger partial charge in [0.05, 0.1) is 148 Å². The molecule has 2 saturated heterocycles. The van der Waals surface area contributed by atoms with Crippen molar-refractivity contribution >= 4 is 146 Å². The maximum Gasteiger partial charge on any atom is 0.223 e. The van der Waals surface area contributed by atoms with Crippen molar-refractivity contribution in [1.29, 1.82) is 0 Å². The third-order valence-electron chi connectivity index (χ3n) is 26.8. The molecule has 143 heavy (non-hydrogen) atoms. The fourth-order valence-electron chi connectivity index (χ4n) is 19.5. The van der Waals surface area contributed by atoms with E-state index in [4.69, 9.17) is 110 Å². The lowest BCUT2D eigenvalue weighted by Crippen LogP contribution is -2.51. The number of nitrogens with two attached hydrogens (primary N) is 5. The second-order valence-corrected chi connectivity index (χ2v) is 39.0. The van der Waals surface area contributed by atoms with Crippen molar-refractivity contribution in [3.05, 3.63) is 169 Å². The number of likely N-dealkylation sites (tertiary alicyclic amines) is 1. The van der Waals surface area contributed by atoms with Gasteiger partial charge in [-0.2, -0.15) is 24.9 Å². The Morgan fingerprint density at radius 1 is 0.392 bits per heavy atom. The van der Waals surface area contributed by atoms with Gasteiger partial charge in [-0.15, -0.1) is 0 Å². The number of nitrogen functional groups attached to an aromatic ring is 5. The summed E-state index contributed by atoms with van der Waals surface area (Å²) >= 11 is 31.5. The van der Waals surface area contributed by atoms with Crippen molar-refractivity contribution in [3.8, 4) is 28.7 Å². The molecule has 7 aliphatic heterocycles. The van der Waals surface area contributed by atoms with Crippen LogP contribution in [0.15, 0.2) is 31.0 Å². The van der Waals surface area contributed by atoms with Crippen LogP contribution >= 0.6 is 58.0 Å². The van der Waals surface area contributed by atoms with Crippen LogP contribution in [0.3, 0.4) is 0 Å². The Balaban J connectivity index is 0.000000150. The molecule has 0 saturated carbocycles. The van der Waals surface area contributed by atoms with Gasteiger partial charge < -0.3 is 92.8 Å². The Morgan fingerprint density at radius 3 is 0.958 bits per heavy atom. The summed E-state index contributed by atoms with van der Waals surface area (Å²) in [6.45, 7) is 33.4. The summed E-state index contributed by atoms with van der Waals surface area (Å²) in [4.78, 5) is 144. The summed E-state index contributed by atoms with van der Waals surface area (Å²) in [6.07, 6.45) is 14.2. The number of ketones is 5. The van der Waals surface area contributed by atoms with E-state index in [1.54, 1.807) is 60.3 Å². The summed E-state index contributed by atoms with van der Waals surface area (Å²) in [5.74, 6) is 6.14. The monoisotopic (exact) mass is 2060 g/mol. The molecular formula is C98H127Cl5N30O10. The lowest BCUT2D eigenvalue weighted by atomic mass is 9.82. The van der Waals surface area contributed by atoms with E-state index in [9.17, 15) is 24.0 Å². The van der Waals surface area contributed by atoms with Gasteiger partial charge in [-0.1, -0.05) is 71.9 Å². The molecule has 17 rings (SSSR count). The van der Waals surface area contributed by atoms with Crippen molar-refractivity contribution in [2.75, 3.05) is 182 Å². The van der Waals surface area contributed by atoms with Crippen molar-refractivity contribution in [2.24, 2.45) is 23.7 Å². The third kappa shape index (κ3) is 23.9. The first kappa shape index (κ1) is 108. The van der Waals surface area contributed by atoms with Gasteiger partial charge in [0.25, 0.3) is 0 Å². The fourth-order valence-corrected chi connectivity index (χ4v) is 20.8. The molecule has 10 aromatic rings. The number of ether oxygens (including phenoxy) is 5. The number of hydrogen-bond donors (Lipinski definition) is 8. The topological polar surface area (TPSA) is 514 Å². The minimum absolute atomic E-state index is 0.0148. The lowest BCUT2D eigenvalue weighted by molar-refractivity contribution is 0.0840. The van der Waals surface area contributed by atoms with E-state index in [0.717, 1.165) is 171 Å². The number of nitrogens with zero attached hydrogens (tertiary/aromatic N) is 22. The van der Waals surface area contributed by atoms with E-state index in [2.05, 4.69) is 101 Å². The van der Waals surface area contributed by atoms with E-state index in [-0.39, 0.29) is 120 Å². The van der Waals surface area contributed by atoms with Crippen molar-refractivity contribution in [1.82, 2.24) is 101 Å². The number of aryl methyl sites for hydroxylation is 5. The molecule has 0 spiro atoms. The van der Waals surface area contributed by atoms with Crippen LogP contribution < -0.4 is 92.8 Å². The van der Waals surface area contributed by atoms with Crippen molar-refractivity contribution in [3.63, 3.8) is 0 Å². The number of piperidine rings is 1. The summed E-state index contributed by atoms with van der Waals surface area (Å²) in [6, 6.07) is -0.377. The zero-order chi connectivity index (χ0) is 104. The molecule has 40 nitrogen and oxygen atoms in total. The number of fused-ring (bicyclic) bond motifs is 5. The summed E-state index contributed by atoms with van der Waals surface area (Å²) in [5.41, 5.74) is 44.7. The number of nitrogens with one attached hydrogen (secondary N) is 3. The van der Waals surface area contributed by atoms with Crippen LogP contribution in [-0.2, 0) is 32.7 Å². The number of anilines is 10. The molecule has 0 aliphatic carbocycles. The predicted molar refractivity (Wildman–Crippen MR) is 555 cm³/mol. The second kappa shape index (κ2) is 47.1. The zero-order valence-electron chi connectivity index (χ0n) is 84.5. The number of likely N-dealkylation sites (N-methyl/N-ethyl adjacent to an activating group) is 1. The number of halogens is 5. The molecule has 5 atom stereocenters. The number of hydrogen-bond acceptors (Lipinski definition) is 40. The van der Waals surface area contributed by atoms with Crippen LogP contribution in [0.2, 0.25) is 25.8 Å². The first-order valence-electron chi connectivity index (χ1n) is 47.2. The smallest absolute Gasteiger partial charge is 0.223 e. The Kier molecular flexibility index (Phi) is 35.6.